The zero-order valence-corrected chi connectivity index (χ0v) is 16.2. The molecule has 1 unspecified atom stereocenters. The topological polar surface area (TPSA) is 32.7 Å². The van der Waals surface area contributed by atoms with Gasteiger partial charge in [-0.2, -0.15) is 0 Å². The fraction of sp³-hybridized carbons (Fsp3) is 0.455. The second-order valence-electron chi connectivity index (χ2n) is 7.36. The van der Waals surface area contributed by atoms with Gasteiger partial charge in [-0.05, 0) is 94.2 Å². The SMILES string of the molecule is CC(O)(CCCN1CCCCC1)c1ccc(Oc2ccc(Cl)cc2)cc1. The third-order valence-electron chi connectivity index (χ3n) is 5.11. The van der Waals surface area contributed by atoms with Crippen molar-refractivity contribution in [1.82, 2.24) is 4.90 Å². The minimum atomic E-state index is -0.811. The number of benzene rings is 2. The average molecular weight is 374 g/mol. The molecule has 1 aliphatic heterocycles. The van der Waals surface area contributed by atoms with E-state index in [2.05, 4.69) is 4.90 Å². The molecule has 0 saturated carbocycles. The second kappa shape index (κ2) is 8.90. The summed E-state index contributed by atoms with van der Waals surface area (Å²) in [5.74, 6) is 1.50. The van der Waals surface area contributed by atoms with E-state index in [1.54, 1.807) is 12.1 Å². The van der Waals surface area contributed by atoms with Crippen molar-refractivity contribution in [3.63, 3.8) is 0 Å². The van der Waals surface area contributed by atoms with Crippen LogP contribution in [-0.4, -0.2) is 29.6 Å². The normalized spacial score (nSPS) is 17.7. The van der Waals surface area contributed by atoms with E-state index in [0.717, 1.165) is 36.4 Å². The predicted octanol–water partition coefficient (Wildman–Crippen LogP) is 5.61. The van der Waals surface area contributed by atoms with Crippen LogP contribution in [0.15, 0.2) is 48.5 Å². The van der Waals surface area contributed by atoms with E-state index in [-0.39, 0.29) is 0 Å². The molecule has 1 saturated heterocycles. The summed E-state index contributed by atoms with van der Waals surface area (Å²) in [6.07, 6.45) is 5.76. The molecule has 4 heteroatoms. The van der Waals surface area contributed by atoms with Crippen molar-refractivity contribution in [2.45, 2.75) is 44.6 Å². The number of rotatable bonds is 7. The van der Waals surface area contributed by atoms with Gasteiger partial charge in [0.2, 0.25) is 0 Å². The summed E-state index contributed by atoms with van der Waals surface area (Å²) in [5, 5.41) is 11.5. The summed E-state index contributed by atoms with van der Waals surface area (Å²) in [4.78, 5) is 2.52. The predicted molar refractivity (Wildman–Crippen MR) is 107 cm³/mol. The van der Waals surface area contributed by atoms with E-state index in [1.807, 2.05) is 43.3 Å². The molecule has 3 nitrogen and oxygen atoms in total. The third-order valence-corrected chi connectivity index (χ3v) is 5.36. The van der Waals surface area contributed by atoms with Crippen LogP contribution in [0.3, 0.4) is 0 Å². The molecule has 1 heterocycles. The van der Waals surface area contributed by atoms with Crippen molar-refractivity contribution >= 4 is 11.6 Å². The number of hydrogen-bond donors (Lipinski definition) is 1. The van der Waals surface area contributed by atoms with Crippen molar-refractivity contribution in [3.05, 3.63) is 59.1 Å². The van der Waals surface area contributed by atoms with Crippen LogP contribution in [-0.2, 0) is 5.60 Å². The second-order valence-corrected chi connectivity index (χ2v) is 7.80. The maximum atomic E-state index is 10.9. The molecule has 0 aromatic heterocycles. The Morgan fingerprint density at radius 1 is 0.962 bits per heavy atom. The Morgan fingerprint density at radius 2 is 1.54 bits per heavy atom. The summed E-state index contributed by atoms with van der Waals surface area (Å²) in [6, 6.07) is 15.0. The highest BCUT2D eigenvalue weighted by Gasteiger charge is 2.23. The lowest BCUT2D eigenvalue weighted by molar-refractivity contribution is 0.0416. The Kier molecular flexibility index (Phi) is 6.58. The lowest BCUT2D eigenvalue weighted by atomic mass is 9.91. The van der Waals surface area contributed by atoms with E-state index in [1.165, 1.54) is 32.4 Å². The molecule has 1 atom stereocenters. The van der Waals surface area contributed by atoms with Gasteiger partial charge in [-0.1, -0.05) is 30.2 Å². The monoisotopic (exact) mass is 373 g/mol. The molecular formula is C22H28ClNO2. The number of ether oxygens (including phenoxy) is 1. The Labute approximate surface area is 161 Å². The first kappa shape index (κ1) is 19.2. The van der Waals surface area contributed by atoms with Gasteiger partial charge in [-0.25, -0.2) is 0 Å². The van der Waals surface area contributed by atoms with E-state index < -0.39 is 5.60 Å². The van der Waals surface area contributed by atoms with Crippen LogP contribution >= 0.6 is 11.6 Å². The lowest BCUT2D eigenvalue weighted by Gasteiger charge is -2.29. The number of halogens is 1. The van der Waals surface area contributed by atoms with Crippen LogP contribution in [0.2, 0.25) is 5.02 Å². The average Bonchev–Trinajstić information content (AvgIpc) is 2.65. The van der Waals surface area contributed by atoms with Crippen LogP contribution < -0.4 is 4.74 Å². The third kappa shape index (κ3) is 5.47. The van der Waals surface area contributed by atoms with Crippen LogP contribution in [0.4, 0.5) is 0 Å². The van der Waals surface area contributed by atoms with Gasteiger partial charge in [-0.3, -0.25) is 0 Å². The first-order valence-corrected chi connectivity index (χ1v) is 9.89. The van der Waals surface area contributed by atoms with Crippen molar-refractivity contribution in [2.75, 3.05) is 19.6 Å². The number of hydrogen-bond acceptors (Lipinski definition) is 3. The Hall–Kier alpha value is -1.55. The maximum absolute atomic E-state index is 10.9. The molecule has 0 spiro atoms. The van der Waals surface area contributed by atoms with Crippen molar-refractivity contribution in [2.24, 2.45) is 0 Å². The van der Waals surface area contributed by atoms with Crippen LogP contribution in [0.1, 0.15) is 44.6 Å². The molecular weight excluding hydrogens is 346 g/mol. The molecule has 1 N–H and O–H groups in total. The smallest absolute Gasteiger partial charge is 0.127 e. The summed E-state index contributed by atoms with van der Waals surface area (Å²) < 4.78 is 5.81. The van der Waals surface area contributed by atoms with Gasteiger partial charge in [0.05, 0.1) is 5.60 Å². The van der Waals surface area contributed by atoms with E-state index in [9.17, 15) is 5.11 Å². The van der Waals surface area contributed by atoms with Crippen molar-refractivity contribution in [1.29, 1.82) is 0 Å². The largest absolute Gasteiger partial charge is 0.457 e. The Morgan fingerprint density at radius 3 is 2.15 bits per heavy atom. The molecule has 1 aliphatic rings. The van der Waals surface area contributed by atoms with Crippen molar-refractivity contribution < 1.29 is 9.84 Å². The summed E-state index contributed by atoms with van der Waals surface area (Å²) in [7, 11) is 0. The number of likely N-dealkylation sites (tertiary alicyclic amines) is 1. The van der Waals surface area contributed by atoms with Crippen LogP contribution in [0.25, 0.3) is 0 Å². The molecule has 140 valence electrons. The molecule has 0 amide bonds. The minimum absolute atomic E-state index is 0.688. The van der Waals surface area contributed by atoms with Gasteiger partial charge >= 0.3 is 0 Å². The first-order valence-electron chi connectivity index (χ1n) is 9.52. The van der Waals surface area contributed by atoms with Crippen LogP contribution in [0, 0.1) is 0 Å². The zero-order chi connectivity index (χ0) is 18.4. The summed E-state index contributed by atoms with van der Waals surface area (Å²) >= 11 is 5.89. The molecule has 1 fully saturated rings. The summed E-state index contributed by atoms with van der Waals surface area (Å²) in [5.41, 5.74) is 0.119. The standard InChI is InChI=1S/C22H28ClNO2/c1-22(25,14-5-17-24-15-3-2-4-16-24)18-6-10-20(11-7-18)26-21-12-8-19(23)9-13-21/h6-13,25H,2-5,14-17H2,1H3. The lowest BCUT2D eigenvalue weighted by Crippen LogP contribution is -2.32. The molecule has 2 aromatic rings. The van der Waals surface area contributed by atoms with Gasteiger partial charge in [-0.15, -0.1) is 0 Å². The quantitative estimate of drug-likeness (QED) is 0.685. The molecule has 0 radical (unpaired) electrons. The van der Waals surface area contributed by atoms with Gasteiger partial charge in [0.1, 0.15) is 11.5 Å². The van der Waals surface area contributed by atoms with E-state index in [4.69, 9.17) is 16.3 Å². The highest BCUT2D eigenvalue weighted by atomic mass is 35.5. The molecule has 2 aromatic carbocycles. The fourth-order valence-corrected chi connectivity index (χ4v) is 3.62. The zero-order valence-electron chi connectivity index (χ0n) is 15.5. The van der Waals surface area contributed by atoms with Gasteiger partial charge in [0, 0.05) is 5.02 Å². The highest BCUT2D eigenvalue weighted by molar-refractivity contribution is 6.30. The van der Waals surface area contributed by atoms with Gasteiger partial charge in [0.25, 0.3) is 0 Å². The fourth-order valence-electron chi connectivity index (χ4n) is 3.49. The Balaban J connectivity index is 1.53. The molecule has 3 rings (SSSR count). The van der Waals surface area contributed by atoms with E-state index in [0.29, 0.717) is 5.02 Å². The van der Waals surface area contributed by atoms with Gasteiger partial charge < -0.3 is 14.7 Å². The molecule has 0 aliphatic carbocycles. The number of piperidine rings is 1. The maximum Gasteiger partial charge on any atom is 0.127 e. The minimum Gasteiger partial charge on any atom is -0.457 e. The van der Waals surface area contributed by atoms with E-state index >= 15 is 0 Å². The first-order chi connectivity index (χ1) is 12.5. The Bertz CT molecular complexity index is 676. The molecule has 0 bridgehead atoms. The number of aliphatic hydroxyl groups is 1. The number of nitrogens with zero attached hydrogens (tertiary/aromatic N) is 1. The highest BCUT2D eigenvalue weighted by Crippen LogP contribution is 2.29. The van der Waals surface area contributed by atoms with Gasteiger partial charge in [0.15, 0.2) is 0 Å². The van der Waals surface area contributed by atoms with Crippen LogP contribution in [0.5, 0.6) is 11.5 Å². The summed E-state index contributed by atoms with van der Waals surface area (Å²) in [6.45, 7) is 5.39. The molecule has 26 heavy (non-hydrogen) atoms. The van der Waals surface area contributed by atoms with Crippen molar-refractivity contribution in [3.8, 4) is 11.5 Å².